The highest BCUT2D eigenvalue weighted by molar-refractivity contribution is 4.82. The number of aliphatic hydroxyl groups is 2. The Morgan fingerprint density at radius 1 is 0.429 bits per heavy atom. The third-order valence-corrected chi connectivity index (χ3v) is 11.5. The molecule has 0 radical (unpaired) electrons. The van der Waals surface area contributed by atoms with Crippen LogP contribution in [0.25, 0.3) is 0 Å². The largest absolute Gasteiger partial charge is 1.00 e. The van der Waals surface area contributed by atoms with Gasteiger partial charge in [0.15, 0.2) is 6.10 Å². The first-order chi connectivity index (χ1) is 26.2. The zero-order chi connectivity index (χ0) is 40.0. The zero-order valence-electron chi connectivity index (χ0n) is 38.4. The van der Waals surface area contributed by atoms with Crippen LogP contribution in [0, 0.1) is 0 Å². The Bertz CT molecular complexity index is 824. The molecule has 0 spiro atoms. The number of hydrogen-bond donors (Lipinski definition) is 2. The van der Waals surface area contributed by atoms with Crippen LogP contribution in [-0.2, 0) is 9.47 Å². The van der Waals surface area contributed by atoms with E-state index in [0.717, 1.165) is 26.1 Å². The average Bonchev–Trinajstić information content (AvgIpc) is 3.13. The predicted octanol–water partition coefficient (Wildman–Crippen LogP) is 6.32. The molecule has 2 N–H and O–H groups in total. The van der Waals surface area contributed by atoms with Crippen molar-refractivity contribution >= 4 is 0 Å². The minimum absolute atomic E-state index is 0. The van der Waals surface area contributed by atoms with Crippen LogP contribution in [0.1, 0.15) is 201 Å². The molecule has 0 aliphatic rings. The Morgan fingerprint density at radius 2 is 0.714 bits per heavy atom. The second kappa shape index (κ2) is 43.8. The molecule has 2 atom stereocenters. The molecular formula is C48H98I2N2O4. The van der Waals surface area contributed by atoms with Gasteiger partial charge < -0.3 is 67.6 Å². The van der Waals surface area contributed by atoms with Crippen LogP contribution < -0.4 is 48.0 Å². The van der Waals surface area contributed by atoms with Gasteiger partial charge in [-0.1, -0.05) is 154 Å². The fourth-order valence-corrected chi connectivity index (χ4v) is 8.17. The summed E-state index contributed by atoms with van der Waals surface area (Å²) in [5.41, 5.74) is 0. The summed E-state index contributed by atoms with van der Waals surface area (Å²) >= 11 is 0. The van der Waals surface area contributed by atoms with Gasteiger partial charge in [0.1, 0.15) is 13.1 Å². The predicted molar refractivity (Wildman–Crippen MR) is 236 cm³/mol. The molecule has 0 aliphatic heterocycles. The molecule has 0 aromatic carbocycles. The van der Waals surface area contributed by atoms with Gasteiger partial charge in [0.2, 0.25) is 6.17 Å². The van der Waals surface area contributed by atoms with E-state index in [-0.39, 0.29) is 79.5 Å². The lowest BCUT2D eigenvalue weighted by molar-refractivity contribution is -1.11. The van der Waals surface area contributed by atoms with Gasteiger partial charge >= 0.3 is 0 Å². The Kier molecular flexibility index (Phi) is 47.7. The molecule has 0 fully saturated rings. The number of unbranched alkanes of at least 4 members (excludes halogenated alkanes) is 24. The van der Waals surface area contributed by atoms with Crippen molar-refractivity contribution < 1.29 is 76.6 Å². The van der Waals surface area contributed by atoms with Crippen LogP contribution >= 0.6 is 0 Å². The van der Waals surface area contributed by atoms with Crippen LogP contribution in [0.3, 0.4) is 0 Å². The number of hydrogen-bond acceptors (Lipinski definition) is 4. The SMILES string of the molecule is CCCCCCCC/C=C\CCCCCCCCOC(C)C(OCCCCCCCC/C=C\CCCCCCCC)C([N+](C)(C)CCO)[N+](C)(C)CCO.[I-].[I-]. The Labute approximate surface area is 385 Å². The average molecular weight is 1020 g/mol. The molecule has 0 amide bonds. The van der Waals surface area contributed by atoms with Gasteiger partial charge in [0, 0.05) is 13.2 Å². The van der Waals surface area contributed by atoms with E-state index in [1.807, 2.05) is 0 Å². The summed E-state index contributed by atoms with van der Waals surface area (Å²) in [5, 5.41) is 20.0. The van der Waals surface area contributed by atoms with Crippen molar-refractivity contribution in [3.8, 4) is 0 Å². The van der Waals surface area contributed by atoms with E-state index in [1.54, 1.807) is 0 Å². The van der Waals surface area contributed by atoms with Gasteiger partial charge in [-0.05, 0) is 71.1 Å². The maximum absolute atomic E-state index is 10.0. The summed E-state index contributed by atoms with van der Waals surface area (Å²) in [5.74, 6) is 0. The molecule has 0 heterocycles. The fraction of sp³-hybridized carbons (Fsp3) is 0.917. The molecule has 0 saturated carbocycles. The number of aliphatic hydroxyl groups excluding tert-OH is 2. The number of nitrogens with zero attached hydrogens (tertiary/aromatic N) is 2. The van der Waals surface area contributed by atoms with Crippen LogP contribution in [0.2, 0.25) is 0 Å². The first kappa shape index (κ1) is 61.0. The van der Waals surface area contributed by atoms with E-state index in [1.165, 1.54) is 167 Å². The molecular weight excluding hydrogens is 922 g/mol. The Morgan fingerprint density at radius 3 is 1.04 bits per heavy atom. The van der Waals surface area contributed by atoms with Gasteiger partial charge in [-0.2, -0.15) is 0 Å². The first-order valence-electron chi connectivity index (χ1n) is 23.6. The fourth-order valence-electron chi connectivity index (χ4n) is 8.17. The highest BCUT2D eigenvalue weighted by atomic mass is 127. The van der Waals surface area contributed by atoms with Gasteiger partial charge in [0.25, 0.3) is 0 Å². The number of quaternary nitrogens is 2. The second-order valence-corrected chi connectivity index (χ2v) is 17.7. The van der Waals surface area contributed by atoms with Gasteiger partial charge in [0.05, 0.1) is 47.5 Å². The van der Waals surface area contributed by atoms with Crippen LogP contribution in [-0.4, -0.2) is 105 Å². The smallest absolute Gasteiger partial charge is 0.245 e. The first-order valence-corrected chi connectivity index (χ1v) is 23.6. The molecule has 6 nitrogen and oxygen atoms in total. The van der Waals surface area contributed by atoms with Crippen molar-refractivity contribution in [1.82, 2.24) is 0 Å². The maximum Gasteiger partial charge on any atom is 0.245 e. The van der Waals surface area contributed by atoms with Crippen molar-refractivity contribution in [2.24, 2.45) is 0 Å². The van der Waals surface area contributed by atoms with Crippen molar-refractivity contribution in [3.05, 3.63) is 24.3 Å². The molecule has 338 valence electrons. The number of rotatable bonds is 42. The van der Waals surface area contributed by atoms with Gasteiger partial charge in [-0.3, -0.25) is 8.97 Å². The number of likely N-dealkylation sites (N-methyl/N-ethyl adjacent to an activating group) is 2. The summed E-state index contributed by atoms with van der Waals surface area (Å²) in [7, 11) is 8.76. The lowest BCUT2D eigenvalue weighted by Crippen LogP contribution is -3.00. The molecule has 2 unspecified atom stereocenters. The second-order valence-electron chi connectivity index (χ2n) is 17.7. The van der Waals surface area contributed by atoms with E-state index in [9.17, 15) is 10.2 Å². The molecule has 0 bridgehead atoms. The van der Waals surface area contributed by atoms with Crippen LogP contribution in [0.5, 0.6) is 0 Å². The van der Waals surface area contributed by atoms with E-state index in [2.05, 4.69) is 73.3 Å². The summed E-state index contributed by atoms with van der Waals surface area (Å²) in [6.45, 7) is 9.73. The highest BCUT2D eigenvalue weighted by Gasteiger charge is 2.50. The summed E-state index contributed by atoms with van der Waals surface area (Å²) in [6, 6.07) is 0. The molecule has 8 heteroatoms. The van der Waals surface area contributed by atoms with Gasteiger partial charge in [-0.15, -0.1) is 0 Å². The third kappa shape index (κ3) is 35.5. The summed E-state index contributed by atoms with van der Waals surface area (Å²) in [4.78, 5) is 0. The molecule has 0 aliphatic carbocycles. The number of ether oxygens (including phenoxy) is 2. The van der Waals surface area contributed by atoms with Crippen LogP contribution in [0.4, 0.5) is 0 Å². The van der Waals surface area contributed by atoms with Crippen LogP contribution in [0.15, 0.2) is 24.3 Å². The quantitative estimate of drug-likeness (QED) is 0.0248. The monoisotopic (exact) mass is 1020 g/mol. The molecule has 56 heavy (non-hydrogen) atoms. The molecule has 0 aromatic heterocycles. The zero-order valence-corrected chi connectivity index (χ0v) is 42.8. The van der Waals surface area contributed by atoms with E-state index in [4.69, 9.17) is 9.47 Å². The normalized spacial score (nSPS) is 13.5. The van der Waals surface area contributed by atoms with Crippen molar-refractivity contribution in [2.75, 3.05) is 67.7 Å². The third-order valence-electron chi connectivity index (χ3n) is 11.5. The molecule has 0 aromatic rings. The van der Waals surface area contributed by atoms with E-state index < -0.39 is 0 Å². The molecule has 0 rings (SSSR count). The summed E-state index contributed by atoms with van der Waals surface area (Å²) in [6.07, 6.45) is 45.9. The highest BCUT2D eigenvalue weighted by Crippen LogP contribution is 2.26. The Hall–Kier alpha value is 0.700. The maximum atomic E-state index is 10.0. The topological polar surface area (TPSA) is 58.9 Å². The molecule has 0 saturated heterocycles. The van der Waals surface area contributed by atoms with Crippen molar-refractivity contribution in [1.29, 1.82) is 0 Å². The Balaban J connectivity index is -0.0000140. The lowest BCUT2D eigenvalue weighted by Gasteiger charge is -2.50. The number of allylic oxidation sites excluding steroid dienone is 4. The minimum atomic E-state index is -0.134. The van der Waals surface area contributed by atoms with Crippen molar-refractivity contribution in [2.45, 2.75) is 219 Å². The van der Waals surface area contributed by atoms with Gasteiger partial charge in [-0.25, -0.2) is 0 Å². The summed E-state index contributed by atoms with van der Waals surface area (Å²) < 4.78 is 14.6. The van der Waals surface area contributed by atoms with E-state index >= 15 is 0 Å². The van der Waals surface area contributed by atoms with E-state index in [0.29, 0.717) is 22.1 Å². The lowest BCUT2D eigenvalue weighted by atomic mass is 10.1. The number of halogens is 2. The standard InChI is InChI=1S/C48H98N2O4.2HI/c1-8-10-12-14-16-18-20-22-24-26-28-30-32-34-36-38-44-53-46(3)47(48(49(4,5)40-42-51)50(6,7)41-43-52)54-45-39-37-35-33-31-29-27-25-23-21-19-17-15-13-11-9-2;;/h22-25,46-48,51-52H,8-21,26-45H2,1-7H3;2*1H/q+2;;/p-2/b24-22-,25-23-;;. The minimum Gasteiger partial charge on any atom is -1.00 e. The van der Waals surface area contributed by atoms with Crippen molar-refractivity contribution in [3.63, 3.8) is 0 Å².